The third-order valence-electron chi connectivity index (χ3n) is 4.56. The van der Waals surface area contributed by atoms with Gasteiger partial charge in [0.05, 0.1) is 0 Å². The van der Waals surface area contributed by atoms with Gasteiger partial charge in [0.15, 0.2) is 0 Å². The van der Waals surface area contributed by atoms with E-state index in [9.17, 15) is 14.4 Å². The Balaban J connectivity index is 1.63. The van der Waals surface area contributed by atoms with Gasteiger partial charge in [0.2, 0.25) is 11.7 Å². The number of aromatic nitrogens is 3. The van der Waals surface area contributed by atoms with Gasteiger partial charge >= 0.3 is 11.8 Å². The van der Waals surface area contributed by atoms with Gasteiger partial charge in [-0.05, 0) is 30.9 Å². The molecule has 9 nitrogen and oxygen atoms in total. The minimum absolute atomic E-state index is 0.0546. The molecule has 2 aromatic rings. The van der Waals surface area contributed by atoms with Crippen molar-refractivity contribution in [2.45, 2.75) is 45.2 Å². The molecule has 0 bridgehead atoms. The Morgan fingerprint density at radius 2 is 2.12 bits per heavy atom. The third kappa shape index (κ3) is 4.16. The highest BCUT2D eigenvalue weighted by Crippen LogP contribution is 2.23. The number of amides is 3. The van der Waals surface area contributed by atoms with E-state index in [1.807, 2.05) is 0 Å². The molecule has 2 aromatic heterocycles. The van der Waals surface area contributed by atoms with Crippen LogP contribution in [0.3, 0.4) is 0 Å². The summed E-state index contributed by atoms with van der Waals surface area (Å²) in [6.07, 6.45) is 5.72. The molecule has 3 amide bonds. The van der Waals surface area contributed by atoms with Gasteiger partial charge in [-0.25, -0.2) is 14.2 Å². The van der Waals surface area contributed by atoms with Crippen molar-refractivity contribution in [2.24, 2.45) is 5.92 Å². The van der Waals surface area contributed by atoms with Gasteiger partial charge in [0.1, 0.15) is 12.2 Å². The maximum absolute atomic E-state index is 12.2. The van der Waals surface area contributed by atoms with Gasteiger partial charge in [-0.1, -0.05) is 31.0 Å². The molecule has 26 heavy (non-hydrogen) atoms. The standard InChI is InChI=1S/C17H21N5O4/c1-11-6-2-3-7-12(11)19-16(24)20-14(23)10-22-15(21-26-17(22)25)13-8-4-5-9-18-13/h4-5,8-9,11-12H,2-3,6-7,10H2,1H3,(H2,19,20,23,24). The Morgan fingerprint density at radius 1 is 1.31 bits per heavy atom. The van der Waals surface area contributed by atoms with E-state index < -0.39 is 17.7 Å². The second-order valence-electron chi connectivity index (χ2n) is 6.46. The van der Waals surface area contributed by atoms with Crippen LogP contribution in [0, 0.1) is 5.92 Å². The monoisotopic (exact) mass is 359 g/mol. The third-order valence-corrected chi connectivity index (χ3v) is 4.56. The lowest BCUT2D eigenvalue weighted by atomic mass is 9.86. The normalized spacial score (nSPS) is 19.7. The average molecular weight is 359 g/mol. The molecule has 9 heteroatoms. The Kier molecular flexibility index (Phi) is 5.45. The number of nitrogens with zero attached hydrogens (tertiary/aromatic N) is 3. The zero-order chi connectivity index (χ0) is 18.5. The summed E-state index contributed by atoms with van der Waals surface area (Å²) < 4.78 is 5.66. The van der Waals surface area contributed by atoms with E-state index in [1.54, 1.807) is 18.2 Å². The first-order valence-corrected chi connectivity index (χ1v) is 8.63. The number of rotatable bonds is 4. The summed E-state index contributed by atoms with van der Waals surface area (Å²) >= 11 is 0. The van der Waals surface area contributed by atoms with Gasteiger partial charge in [0.25, 0.3) is 0 Å². The molecule has 1 saturated carbocycles. The van der Waals surface area contributed by atoms with Crippen LogP contribution in [0.25, 0.3) is 11.5 Å². The fourth-order valence-corrected chi connectivity index (χ4v) is 3.13. The molecule has 3 rings (SSSR count). The Morgan fingerprint density at radius 3 is 2.85 bits per heavy atom. The summed E-state index contributed by atoms with van der Waals surface area (Å²) in [4.78, 5) is 40.1. The van der Waals surface area contributed by atoms with Crippen LogP contribution in [0.2, 0.25) is 0 Å². The van der Waals surface area contributed by atoms with E-state index in [0.717, 1.165) is 30.3 Å². The molecule has 0 spiro atoms. The molecule has 1 fully saturated rings. The summed E-state index contributed by atoms with van der Waals surface area (Å²) in [7, 11) is 0. The smallest absolute Gasteiger partial charge is 0.335 e. The number of urea groups is 1. The Labute approximate surface area is 149 Å². The lowest BCUT2D eigenvalue weighted by molar-refractivity contribution is -0.120. The molecular formula is C17H21N5O4. The number of nitrogens with one attached hydrogen (secondary N) is 2. The van der Waals surface area contributed by atoms with Crippen LogP contribution in [0.1, 0.15) is 32.6 Å². The van der Waals surface area contributed by atoms with Crippen molar-refractivity contribution in [3.8, 4) is 11.5 Å². The number of carbonyl (C=O) groups excluding carboxylic acids is 2. The molecule has 0 aliphatic heterocycles. The van der Waals surface area contributed by atoms with Crippen molar-refractivity contribution >= 4 is 11.9 Å². The van der Waals surface area contributed by atoms with E-state index in [2.05, 4.69) is 32.2 Å². The lowest BCUT2D eigenvalue weighted by Gasteiger charge is -2.29. The molecule has 1 aliphatic carbocycles. The van der Waals surface area contributed by atoms with E-state index in [0.29, 0.717) is 11.6 Å². The summed E-state index contributed by atoms with van der Waals surface area (Å²) in [6, 6.07) is 4.58. The van der Waals surface area contributed by atoms with Gasteiger partial charge in [-0.3, -0.25) is 19.6 Å². The number of hydrogen-bond acceptors (Lipinski definition) is 6. The number of imide groups is 1. The second-order valence-corrected chi connectivity index (χ2v) is 6.46. The molecule has 138 valence electrons. The van der Waals surface area contributed by atoms with Crippen LogP contribution in [-0.4, -0.2) is 32.7 Å². The molecule has 0 aromatic carbocycles. The van der Waals surface area contributed by atoms with E-state index in [1.165, 1.54) is 6.20 Å². The zero-order valence-corrected chi connectivity index (χ0v) is 14.5. The fraction of sp³-hybridized carbons (Fsp3) is 0.471. The van der Waals surface area contributed by atoms with E-state index in [-0.39, 0.29) is 18.4 Å². The zero-order valence-electron chi connectivity index (χ0n) is 14.5. The van der Waals surface area contributed by atoms with E-state index in [4.69, 9.17) is 0 Å². The fourth-order valence-electron chi connectivity index (χ4n) is 3.13. The summed E-state index contributed by atoms with van der Waals surface area (Å²) in [5, 5.41) is 8.74. The summed E-state index contributed by atoms with van der Waals surface area (Å²) in [5.74, 6) is -0.913. The number of hydrogen-bond donors (Lipinski definition) is 2. The van der Waals surface area contributed by atoms with Crippen molar-refractivity contribution in [3.05, 3.63) is 34.9 Å². The van der Waals surface area contributed by atoms with Gasteiger partial charge in [-0.15, -0.1) is 0 Å². The van der Waals surface area contributed by atoms with Crippen LogP contribution in [0.4, 0.5) is 4.79 Å². The summed E-state index contributed by atoms with van der Waals surface area (Å²) in [5.41, 5.74) is 0.395. The topological polar surface area (TPSA) is 119 Å². The van der Waals surface area contributed by atoms with Crippen LogP contribution >= 0.6 is 0 Å². The van der Waals surface area contributed by atoms with Crippen LogP contribution in [0.5, 0.6) is 0 Å². The van der Waals surface area contributed by atoms with Crippen molar-refractivity contribution in [3.63, 3.8) is 0 Å². The minimum atomic E-state index is -0.790. The van der Waals surface area contributed by atoms with Gasteiger partial charge in [-0.2, -0.15) is 0 Å². The Bertz CT molecular complexity index is 829. The predicted molar refractivity (Wildman–Crippen MR) is 92.1 cm³/mol. The van der Waals surface area contributed by atoms with Crippen LogP contribution in [-0.2, 0) is 11.3 Å². The van der Waals surface area contributed by atoms with Crippen molar-refractivity contribution in [2.75, 3.05) is 0 Å². The average Bonchev–Trinajstić information content (AvgIpc) is 2.98. The van der Waals surface area contributed by atoms with Crippen LogP contribution in [0.15, 0.2) is 33.7 Å². The molecule has 2 N–H and O–H groups in total. The molecule has 0 saturated heterocycles. The largest absolute Gasteiger partial charge is 0.442 e. The summed E-state index contributed by atoms with van der Waals surface area (Å²) in [6.45, 7) is 1.70. The molecule has 2 atom stereocenters. The molecule has 0 radical (unpaired) electrons. The van der Waals surface area contributed by atoms with Gasteiger partial charge in [0, 0.05) is 12.2 Å². The predicted octanol–water partition coefficient (Wildman–Crippen LogP) is 1.30. The first-order valence-electron chi connectivity index (χ1n) is 8.63. The SMILES string of the molecule is CC1CCCCC1NC(=O)NC(=O)Cn1c(-c2ccccn2)noc1=O. The first kappa shape index (κ1) is 17.8. The molecule has 1 aliphatic rings. The highest BCUT2D eigenvalue weighted by molar-refractivity contribution is 5.94. The number of pyridine rings is 1. The number of carbonyl (C=O) groups is 2. The molecule has 2 heterocycles. The Hall–Kier alpha value is -2.97. The van der Waals surface area contributed by atoms with Crippen LogP contribution < -0.4 is 16.4 Å². The van der Waals surface area contributed by atoms with Crippen molar-refractivity contribution in [1.29, 1.82) is 0 Å². The first-order chi connectivity index (χ1) is 12.5. The maximum atomic E-state index is 12.2. The lowest BCUT2D eigenvalue weighted by Crippen LogP contribution is -2.48. The van der Waals surface area contributed by atoms with Crippen molar-refractivity contribution < 1.29 is 14.1 Å². The second kappa shape index (κ2) is 7.94. The molecule has 2 unspecified atom stereocenters. The highest BCUT2D eigenvalue weighted by Gasteiger charge is 2.24. The highest BCUT2D eigenvalue weighted by atomic mass is 16.5. The van der Waals surface area contributed by atoms with Crippen molar-refractivity contribution in [1.82, 2.24) is 25.3 Å². The molecular weight excluding hydrogens is 338 g/mol. The van der Waals surface area contributed by atoms with E-state index >= 15 is 0 Å². The quantitative estimate of drug-likeness (QED) is 0.849. The minimum Gasteiger partial charge on any atom is -0.335 e. The van der Waals surface area contributed by atoms with Gasteiger partial charge < -0.3 is 5.32 Å². The maximum Gasteiger partial charge on any atom is 0.442 e.